The molecule has 146 valence electrons. The molecular formula is C19H22F2N2O4. The summed E-state index contributed by atoms with van der Waals surface area (Å²) in [5.74, 6) is -2.82. The molecule has 1 aromatic carbocycles. The van der Waals surface area contributed by atoms with Crippen LogP contribution in [0.25, 0.3) is 0 Å². The van der Waals surface area contributed by atoms with Crippen LogP contribution >= 0.6 is 0 Å². The largest absolute Gasteiger partial charge is 0.350 e. The molecule has 8 heteroatoms. The molecule has 1 aromatic rings. The van der Waals surface area contributed by atoms with Crippen LogP contribution in [0.2, 0.25) is 0 Å². The Balaban J connectivity index is 1.44. The van der Waals surface area contributed by atoms with E-state index in [9.17, 15) is 18.4 Å². The highest BCUT2D eigenvalue weighted by Gasteiger charge is 2.42. The SMILES string of the molecule is O=C(C1CCN(c2cc(F)cc(F)c2)C1=O)N1CCCC(C2OCCO2)C1. The van der Waals surface area contributed by atoms with Crippen LogP contribution in [0.5, 0.6) is 0 Å². The number of likely N-dealkylation sites (tertiary alicyclic amines) is 1. The van der Waals surface area contributed by atoms with Crippen LogP contribution in [0, 0.1) is 23.5 Å². The van der Waals surface area contributed by atoms with Crippen molar-refractivity contribution in [2.45, 2.75) is 25.6 Å². The van der Waals surface area contributed by atoms with E-state index in [-0.39, 0.29) is 30.3 Å². The van der Waals surface area contributed by atoms with Crippen LogP contribution in [-0.2, 0) is 19.1 Å². The fourth-order valence-electron chi connectivity index (χ4n) is 4.16. The number of anilines is 1. The molecule has 4 rings (SSSR count). The number of hydrogen-bond donors (Lipinski definition) is 0. The minimum absolute atomic E-state index is 0.107. The van der Waals surface area contributed by atoms with E-state index in [4.69, 9.17) is 9.47 Å². The number of halogens is 2. The first-order valence-corrected chi connectivity index (χ1v) is 9.32. The van der Waals surface area contributed by atoms with Gasteiger partial charge in [-0.05, 0) is 31.4 Å². The van der Waals surface area contributed by atoms with E-state index in [1.807, 2.05) is 0 Å². The normalized spacial score (nSPS) is 26.8. The standard InChI is InChI=1S/C19H22F2N2O4/c20-13-8-14(21)10-15(9-13)23-5-3-16(18(23)25)17(24)22-4-1-2-12(11-22)19-26-6-7-27-19/h8-10,12,16,19H,1-7,11H2. The quantitative estimate of drug-likeness (QED) is 0.752. The van der Waals surface area contributed by atoms with Crippen molar-refractivity contribution in [2.24, 2.45) is 11.8 Å². The lowest BCUT2D eigenvalue weighted by Crippen LogP contribution is -2.47. The molecule has 27 heavy (non-hydrogen) atoms. The Bertz CT molecular complexity index is 718. The molecule has 3 fully saturated rings. The topological polar surface area (TPSA) is 59.1 Å². The Morgan fingerprint density at radius 1 is 1.04 bits per heavy atom. The lowest BCUT2D eigenvalue weighted by Gasteiger charge is -2.35. The van der Waals surface area contributed by atoms with Gasteiger partial charge in [-0.25, -0.2) is 8.78 Å². The molecule has 0 aliphatic carbocycles. The van der Waals surface area contributed by atoms with E-state index >= 15 is 0 Å². The highest BCUT2D eigenvalue weighted by Crippen LogP contribution is 2.30. The van der Waals surface area contributed by atoms with Crippen LogP contribution in [0.3, 0.4) is 0 Å². The summed E-state index contributed by atoms with van der Waals surface area (Å²) in [6.07, 6.45) is 1.81. The maximum Gasteiger partial charge on any atom is 0.239 e. The van der Waals surface area contributed by atoms with Crippen molar-refractivity contribution in [1.29, 1.82) is 0 Å². The Kier molecular flexibility index (Phi) is 5.10. The molecule has 2 atom stereocenters. The maximum absolute atomic E-state index is 13.5. The van der Waals surface area contributed by atoms with Crippen LogP contribution < -0.4 is 4.90 Å². The predicted molar refractivity (Wildman–Crippen MR) is 91.8 cm³/mol. The minimum Gasteiger partial charge on any atom is -0.350 e. The lowest BCUT2D eigenvalue weighted by atomic mass is 9.95. The molecule has 0 spiro atoms. The fourth-order valence-corrected chi connectivity index (χ4v) is 4.16. The Hall–Kier alpha value is -2.06. The molecule has 0 radical (unpaired) electrons. The van der Waals surface area contributed by atoms with Crippen molar-refractivity contribution >= 4 is 17.5 Å². The first-order chi connectivity index (χ1) is 13.0. The van der Waals surface area contributed by atoms with Crippen molar-refractivity contribution in [3.8, 4) is 0 Å². The van der Waals surface area contributed by atoms with Gasteiger partial charge >= 0.3 is 0 Å². The molecule has 2 unspecified atom stereocenters. The molecule has 2 amide bonds. The summed E-state index contributed by atoms with van der Waals surface area (Å²) in [6.45, 7) is 2.50. The monoisotopic (exact) mass is 380 g/mol. The van der Waals surface area contributed by atoms with Crippen molar-refractivity contribution in [1.82, 2.24) is 4.90 Å². The summed E-state index contributed by atoms with van der Waals surface area (Å²) in [4.78, 5) is 28.7. The average Bonchev–Trinajstić information content (AvgIpc) is 3.30. The predicted octanol–water partition coefficient (Wildman–Crippen LogP) is 1.93. The zero-order valence-electron chi connectivity index (χ0n) is 14.9. The second-order valence-corrected chi connectivity index (χ2v) is 7.26. The van der Waals surface area contributed by atoms with Gasteiger partial charge in [0, 0.05) is 37.3 Å². The maximum atomic E-state index is 13.5. The highest BCUT2D eigenvalue weighted by atomic mass is 19.1. The third-order valence-electron chi connectivity index (χ3n) is 5.46. The molecule has 3 saturated heterocycles. The zero-order chi connectivity index (χ0) is 19.0. The number of ether oxygens (including phenoxy) is 2. The van der Waals surface area contributed by atoms with Crippen molar-refractivity contribution in [3.05, 3.63) is 29.8 Å². The zero-order valence-corrected chi connectivity index (χ0v) is 14.9. The van der Waals surface area contributed by atoms with E-state index in [0.717, 1.165) is 31.0 Å². The molecule has 3 aliphatic rings. The van der Waals surface area contributed by atoms with Gasteiger partial charge in [-0.1, -0.05) is 0 Å². The molecular weight excluding hydrogens is 358 g/mol. The van der Waals surface area contributed by atoms with Gasteiger partial charge < -0.3 is 19.3 Å². The number of benzene rings is 1. The minimum atomic E-state index is -0.805. The molecule has 0 N–H and O–H groups in total. The second kappa shape index (κ2) is 7.52. The van der Waals surface area contributed by atoms with Crippen molar-refractivity contribution in [2.75, 3.05) is 37.7 Å². The van der Waals surface area contributed by atoms with Crippen LogP contribution in [0.15, 0.2) is 18.2 Å². The fraction of sp³-hybridized carbons (Fsp3) is 0.579. The number of amides is 2. The van der Waals surface area contributed by atoms with Gasteiger partial charge in [0.2, 0.25) is 11.8 Å². The molecule has 3 aliphatic heterocycles. The molecule has 6 nitrogen and oxygen atoms in total. The summed E-state index contributed by atoms with van der Waals surface area (Å²) >= 11 is 0. The number of carbonyl (C=O) groups is 2. The summed E-state index contributed by atoms with van der Waals surface area (Å²) in [6, 6.07) is 2.98. The molecule has 0 aromatic heterocycles. The molecule has 0 bridgehead atoms. The van der Waals surface area contributed by atoms with E-state index in [1.165, 1.54) is 4.90 Å². The summed E-state index contributed by atoms with van der Waals surface area (Å²) in [7, 11) is 0. The Morgan fingerprint density at radius 2 is 1.74 bits per heavy atom. The van der Waals surface area contributed by atoms with E-state index in [0.29, 0.717) is 32.7 Å². The molecule has 3 heterocycles. The van der Waals surface area contributed by atoms with Crippen LogP contribution in [0.4, 0.5) is 14.5 Å². The van der Waals surface area contributed by atoms with Crippen LogP contribution in [-0.4, -0.2) is 55.9 Å². The van der Waals surface area contributed by atoms with Gasteiger partial charge in [0.15, 0.2) is 6.29 Å². The summed E-state index contributed by atoms with van der Waals surface area (Å²) < 4.78 is 38.1. The second-order valence-electron chi connectivity index (χ2n) is 7.26. The van der Waals surface area contributed by atoms with Gasteiger partial charge in [-0.3, -0.25) is 9.59 Å². The van der Waals surface area contributed by atoms with Gasteiger partial charge in [0.1, 0.15) is 17.6 Å². The van der Waals surface area contributed by atoms with E-state index in [1.54, 1.807) is 4.90 Å². The van der Waals surface area contributed by atoms with E-state index < -0.39 is 23.5 Å². The van der Waals surface area contributed by atoms with E-state index in [2.05, 4.69) is 0 Å². The van der Waals surface area contributed by atoms with Gasteiger partial charge in [-0.2, -0.15) is 0 Å². The number of piperidine rings is 1. The van der Waals surface area contributed by atoms with Gasteiger partial charge in [0.05, 0.1) is 13.2 Å². The number of carbonyl (C=O) groups excluding carboxylic acids is 2. The smallest absolute Gasteiger partial charge is 0.239 e. The number of nitrogens with zero attached hydrogens (tertiary/aromatic N) is 2. The average molecular weight is 380 g/mol. The third-order valence-corrected chi connectivity index (χ3v) is 5.46. The van der Waals surface area contributed by atoms with Gasteiger partial charge in [0.25, 0.3) is 0 Å². The highest BCUT2D eigenvalue weighted by molar-refractivity contribution is 6.09. The summed E-state index contributed by atoms with van der Waals surface area (Å²) in [5.41, 5.74) is 0.150. The Labute approximate surface area is 156 Å². The van der Waals surface area contributed by atoms with Crippen LogP contribution in [0.1, 0.15) is 19.3 Å². The van der Waals surface area contributed by atoms with Gasteiger partial charge in [-0.15, -0.1) is 0 Å². The first-order valence-electron chi connectivity index (χ1n) is 9.32. The first kappa shape index (κ1) is 18.3. The lowest BCUT2D eigenvalue weighted by molar-refractivity contribution is -0.145. The van der Waals surface area contributed by atoms with Crippen molar-refractivity contribution in [3.63, 3.8) is 0 Å². The van der Waals surface area contributed by atoms with Crippen molar-refractivity contribution < 1.29 is 27.8 Å². The third kappa shape index (κ3) is 3.68. The Morgan fingerprint density at radius 3 is 2.44 bits per heavy atom. The molecule has 0 saturated carbocycles. The number of rotatable bonds is 3. The summed E-state index contributed by atoms with van der Waals surface area (Å²) in [5, 5.41) is 0. The number of hydrogen-bond acceptors (Lipinski definition) is 4.